The largest absolute Gasteiger partial charge is 0.387 e. The van der Waals surface area contributed by atoms with E-state index in [1.54, 1.807) is 0 Å². The maximum Gasteiger partial charge on any atom is 0.0914 e. The maximum absolute atomic E-state index is 10.3. The zero-order chi connectivity index (χ0) is 17.5. The summed E-state index contributed by atoms with van der Waals surface area (Å²) in [7, 11) is 0. The van der Waals surface area contributed by atoms with Gasteiger partial charge in [0.05, 0.1) is 19.3 Å². The molecule has 25 heavy (non-hydrogen) atoms. The van der Waals surface area contributed by atoms with Crippen molar-refractivity contribution in [3.63, 3.8) is 0 Å². The Labute approximate surface area is 152 Å². The summed E-state index contributed by atoms with van der Waals surface area (Å²) in [5.41, 5.74) is 2.23. The minimum absolute atomic E-state index is 0.417. The number of aliphatic hydroxyl groups is 1. The van der Waals surface area contributed by atoms with Gasteiger partial charge >= 0.3 is 0 Å². The van der Waals surface area contributed by atoms with Crippen molar-refractivity contribution in [1.82, 2.24) is 15.1 Å². The van der Waals surface area contributed by atoms with E-state index >= 15 is 0 Å². The third-order valence-electron chi connectivity index (χ3n) is 5.49. The predicted molar refractivity (Wildman–Crippen MR) is 101 cm³/mol. The number of ether oxygens (including phenoxy) is 1. The molecule has 0 radical (unpaired) electrons. The summed E-state index contributed by atoms with van der Waals surface area (Å²) in [5, 5.41) is 13.9. The van der Waals surface area contributed by atoms with Gasteiger partial charge in [-0.3, -0.25) is 4.90 Å². The standard InChI is InChI=1S/C20H33N3O2/c1-17-2-4-18(5-3-17)20(24)16-21-19-6-8-22(9-7-19)10-11-23-12-14-25-15-13-23/h2-5,19-21,24H,6-16H2,1H3. The number of benzene rings is 1. The number of piperidine rings is 1. The summed E-state index contributed by atoms with van der Waals surface area (Å²) in [6.45, 7) is 11.3. The molecule has 2 heterocycles. The zero-order valence-electron chi connectivity index (χ0n) is 15.5. The lowest BCUT2D eigenvalue weighted by Gasteiger charge is -2.35. The molecule has 0 spiro atoms. The van der Waals surface area contributed by atoms with Crippen molar-refractivity contribution in [1.29, 1.82) is 0 Å². The van der Waals surface area contributed by atoms with Crippen LogP contribution in [0, 0.1) is 6.92 Å². The van der Waals surface area contributed by atoms with Gasteiger partial charge in [0, 0.05) is 38.8 Å². The number of nitrogens with zero attached hydrogens (tertiary/aromatic N) is 2. The van der Waals surface area contributed by atoms with E-state index < -0.39 is 6.10 Å². The molecule has 2 aliphatic heterocycles. The average Bonchev–Trinajstić information content (AvgIpc) is 2.67. The number of aryl methyl sites for hydroxylation is 1. The number of morpholine rings is 1. The molecule has 0 bridgehead atoms. The van der Waals surface area contributed by atoms with Gasteiger partial charge in [0.2, 0.25) is 0 Å². The van der Waals surface area contributed by atoms with Crippen LogP contribution in [-0.2, 0) is 4.74 Å². The highest BCUT2D eigenvalue weighted by atomic mass is 16.5. The van der Waals surface area contributed by atoms with Crippen molar-refractivity contribution < 1.29 is 9.84 Å². The van der Waals surface area contributed by atoms with Crippen LogP contribution in [0.1, 0.15) is 30.1 Å². The lowest BCUT2D eigenvalue weighted by molar-refractivity contribution is 0.0317. The number of rotatable bonds is 7. The third kappa shape index (κ3) is 6.04. The van der Waals surface area contributed by atoms with E-state index in [-0.39, 0.29) is 0 Å². The van der Waals surface area contributed by atoms with Crippen LogP contribution in [0.3, 0.4) is 0 Å². The lowest BCUT2D eigenvalue weighted by Crippen LogP contribution is -2.47. The fourth-order valence-electron chi connectivity index (χ4n) is 3.65. The molecule has 140 valence electrons. The fraction of sp³-hybridized carbons (Fsp3) is 0.700. The molecule has 2 saturated heterocycles. The molecule has 0 aliphatic carbocycles. The van der Waals surface area contributed by atoms with Gasteiger partial charge < -0.3 is 20.1 Å². The smallest absolute Gasteiger partial charge is 0.0914 e. The van der Waals surface area contributed by atoms with E-state index in [0.29, 0.717) is 12.6 Å². The first-order valence-electron chi connectivity index (χ1n) is 9.71. The molecule has 3 rings (SSSR count). The van der Waals surface area contributed by atoms with Gasteiger partial charge in [-0.25, -0.2) is 0 Å². The Kier molecular flexibility index (Phi) is 7.25. The topological polar surface area (TPSA) is 48.0 Å². The van der Waals surface area contributed by atoms with Gasteiger partial charge in [0.25, 0.3) is 0 Å². The highest BCUT2D eigenvalue weighted by Gasteiger charge is 2.20. The molecule has 0 aromatic heterocycles. The molecule has 5 heteroatoms. The SMILES string of the molecule is Cc1ccc(C(O)CNC2CCN(CCN3CCOCC3)CC2)cc1. The molecule has 1 atom stereocenters. The first-order chi connectivity index (χ1) is 12.2. The summed E-state index contributed by atoms with van der Waals surface area (Å²) in [5.74, 6) is 0. The monoisotopic (exact) mass is 347 g/mol. The predicted octanol–water partition coefficient (Wildman–Crippen LogP) is 1.41. The van der Waals surface area contributed by atoms with Gasteiger partial charge in [0.1, 0.15) is 0 Å². The number of likely N-dealkylation sites (tertiary alicyclic amines) is 1. The molecule has 0 saturated carbocycles. The molecule has 5 nitrogen and oxygen atoms in total. The van der Waals surface area contributed by atoms with Crippen LogP contribution in [0.25, 0.3) is 0 Å². The number of nitrogens with one attached hydrogen (secondary N) is 1. The van der Waals surface area contributed by atoms with Crippen molar-refractivity contribution in [3.05, 3.63) is 35.4 Å². The van der Waals surface area contributed by atoms with E-state index in [1.807, 2.05) is 12.1 Å². The first-order valence-corrected chi connectivity index (χ1v) is 9.71. The Hall–Kier alpha value is -0.980. The Morgan fingerprint density at radius 2 is 1.64 bits per heavy atom. The van der Waals surface area contributed by atoms with Gasteiger partial charge in [0.15, 0.2) is 0 Å². The van der Waals surface area contributed by atoms with E-state index in [9.17, 15) is 5.11 Å². The summed E-state index contributed by atoms with van der Waals surface area (Å²) in [6.07, 6.45) is 1.92. The molecule has 1 aromatic carbocycles. The molecule has 1 unspecified atom stereocenters. The van der Waals surface area contributed by atoms with Crippen LogP contribution in [-0.4, -0.2) is 80.0 Å². The normalized spacial score (nSPS) is 22.2. The summed E-state index contributed by atoms with van der Waals surface area (Å²) in [6, 6.07) is 8.70. The van der Waals surface area contributed by atoms with Crippen LogP contribution < -0.4 is 5.32 Å². The molecule has 2 N–H and O–H groups in total. The lowest BCUT2D eigenvalue weighted by atomic mass is 10.0. The van der Waals surface area contributed by atoms with Crippen LogP contribution >= 0.6 is 0 Å². The van der Waals surface area contributed by atoms with Crippen molar-refractivity contribution in [3.8, 4) is 0 Å². The summed E-state index contributed by atoms with van der Waals surface area (Å²) < 4.78 is 5.41. The Morgan fingerprint density at radius 1 is 1.04 bits per heavy atom. The van der Waals surface area contributed by atoms with Gasteiger partial charge in [-0.1, -0.05) is 29.8 Å². The first kappa shape index (κ1) is 18.8. The molecule has 2 aliphatic rings. The van der Waals surface area contributed by atoms with Gasteiger partial charge in [-0.05, 0) is 38.4 Å². The molecule has 1 aromatic rings. The van der Waals surface area contributed by atoms with E-state index in [1.165, 1.54) is 24.9 Å². The van der Waals surface area contributed by atoms with Gasteiger partial charge in [-0.2, -0.15) is 0 Å². The second-order valence-corrected chi connectivity index (χ2v) is 7.40. The van der Waals surface area contributed by atoms with Crippen molar-refractivity contribution in [2.75, 3.05) is 59.0 Å². The second-order valence-electron chi connectivity index (χ2n) is 7.40. The zero-order valence-corrected chi connectivity index (χ0v) is 15.5. The van der Waals surface area contributed by atoms with Crippen molar-refractivity contribution in [2.24, 2.45) is 0 Å². The van der Waals surface area contributed by atoms with Crippen LogP contribution in [0.5, 0.6) is 0 Å². The second kappa shape index (κ2) is 9.64. The minimum Gasteiger partial charge on any atom is -0.387 e. The molecule has 0 amide bonds. The third-order valence-corrected chi connectivity index (χ3v) is 5.49. The number of hydrogen-bond acceptors (Lipinski definition) is 5. The van der Waals surface area contributed by atoms with Crippen molar-refractivity contribution in [2.45, 2.75) is 31.9 Å². The van der Waals surface area contributed by atoms with Crippen LogP contribution in [0.15, 0.2) is 24.3 Å². The minimum atomic E-state index is -0.417. The van der Waals surface area contributed by atoms with Crippen molar-refractivity contribution >= 4 is 0 Å². The Balaban J connectivity index is 1.31. The maximum atomic E-state index is 10.3. The highest BCUT2D eigenvalue weighted by Crippen LogP contribution is 2.15. The highest BCUT2D eigenvalue weighted by molar-refractivity contribution is 5.23. The fourth-order valence-corrected chi connectivity index (χ4v) is 3.65. The Morgan fingerprint density at radius 3 is 2.28 bits per heavy atom. The summed E-state index contributed by atoms with van der Waals surface area (Å²) in [4.78, 5) is 5.08. The van der Waals surface area contributed by atoms with Crippen LogP contribution in [0.2, 0.25) is 0 Å². The average molecular weight is 348 g/mol. The number of aliphatic hydroxyl groups excluding tert-OH is 1. The van der Waals surface area contributed by atoms with E-state index in [0.717, 1.165) is 51.5 Å². The molecular weight excluding hydrogens is 314 g/mol. The van der Waals surface area contributed by atoms with Gasteiger partial charge in [-0.15, -0.1) is 0 Å². The summed E-state index contributed by atoms with van der Waals surface area (Å²) >= 11 is 0. The van der Waals surface area contributed by atoms with Crippen LogP contribution in [0.4, 0.5) is 0 Å². The molecular formula is C20H33N3O2. The molecule has 2 fully saturated rings. The number of hydrogen-bond donors (Lipinski definition) is 2. The Bertz CT molecular complexity index is 494. The quantitative estimate of drug-likeness (QED) is 0.781. The van der Waals surface area contributed by atoms with E-state index in [2.05, 4.69) is 34.2 Å². The van der Waals surface area contributed by atoms with E-state index in [4.69, 9.17) is 4.74 Å².